The van der Waals surface area contributed by atoms with Gasteiger partial charge in [0.25, 0.3) is 17.3 Å². The fourth-order valence-corrected chi connectivity index (χ4v) is 4.65. The van der Waals surface area contributed by atoms with E-state index < -0.39 is 27.1 Å². The fourth-order valence-electron chi connectivity index (χ4n) is 4.65. The molecule has 0 atom stereocenters. The van der Waals surface area contributed by atoms with E-state index in [0.29, 0.717) is 6.54 Å². The first-order chi connectivity index (χ1) is 12.3. The van der Waals surface area contributed by atoms with Crippen LogP contribution in [0.3, 0.4) is 0 Å². The topological polar surface area (TPSA) is 115 Å². The third kappa shape index (κ3) is 4.26. The van der Waals surface area contributed by atoms with E-state index in [9.17, 15) is 25.0 Å². The summed E-state index contributed by atoms with van der Waals surface area (Å²) in [6, 6.07) is 2.03. The van der Waals surface area contributed by atoms with E-state index in [4.69, 9.17) is 0 Å². The van der Waals surface area contributed by atoms with E-state index in [1.807, 2.05) is 0 Å². The molecule has 2 saturated carbocycles. The molecular formula is C19H27N3O5. The zero-order chi connectivity index (χ0) is 18.9. The number of fused-ring (bicyclic) bond motifs is 2. The van der Waals surface area contributed by atoms with Gasteiger partial charge in [0.1, 0.15) is 0 Å². The summed E-state index contributed by atoms with van der Waals surface area (Å²) in [4.78, 5) is 33.5. The molecule has 2 bridgehead atoms. The van der Waals surface area contributed by atoms with Gasteiger partial charge < -0.3 is 5.32 Å². The van der Waals surface area contributed by atoms with Crippen LogP contribution < -0.4 is 5.32 Å². The average molecular weight is 377 g/mol. The van der Waals surface area contributed by atoms with Gasteiger partial charge in [-0.25, -0.2) is 0 Å². The van der Waals surface area contributed by atoms with Crippen LogP contribution in [-0.2, 0) is 0 Å². The number of benzene rings is 1. The maximum absolute atomic E-state index is 12.7. The van der Waals surface area contributed by atoms with Crippen LogP contribution in [0.15, 0.2) is 12.1 Å². The minimum Gasteiger partial charge on any atom is -0.351 e. The molecule has 0 radical (unpaired) electrons. The highest BCUT2D eigenvalue weighted by atomic mass is 16.6. The summed E-state index contributed by atoms with van der Waals surface area (Å²) in [6.45, 7) is 1.98. The number of carbonyl (C=O) groups excluding carboxylic acids is 1. The number of nitrogens with one attached hydrogen (secondary N) is 1. The molecule has 1 aromatic carbocycles. The van der Waals surface area contributed by atoms with Crippen LogP contribution in [0.5, 0.6) is 0 Å². The van der Waals surface area contributed by atoms with Crippen molar-refractivity contribution in [2.45, 2.75) is 59.3 Å². The number of nitro groups is 2. The van der Waals surface area contributed by atoms with Gasteiger partial charge in [-0.1, -0.05) is 33.1 Å². The smallest absolute Gasteiger partial charge is 0.279 e. The van der Waals surface area contributed by atoms with Gasteiger partial charge in [0.2, 0.25) is 0 Å². The van der Waals surface area contributed by atoms with Gasteiger partial charge in [-0.3, -0.25) is 25.0 Å². The summed E-state index contributed by atoms with van der Waals surface area (Å²) in [5.74, 6) is 0.256. The Kier molecular flexibility index (Phi) is 6.18. The van der Waals surface area contributed by atoms with Crippen LogP contribution >= 0.6 is 0 Å². The summed E-state index contributed by atoms with van der Waals surface area (Å²) >= 11 is 0. The van der Waals surface area contributed by atoms with Crippen molar-refractivity contribution in [1.29, 1.82) is 0 Å². The highest BCUT2D eigenvalue weighted by molar-refractivity contribution is 5.97. The molecule has 2 fully saturated rings. The molecule has 0 aliphatic heterocycles. The van der Waals surface area contributed by atoms with Crippen molar-refractivity contribution in [2.24, 2.45) is 11.3 Å². The van der Waals surface area contributed by atoms with Crippen LogP contribution in [0.1, 0.15) is 68.3 Å². The first kappa shape index (κ1) is 20.8. The van der Waals surface area contributed by atoms with Crippen molar-refractivity contribution in [3.05, 3.63) is 43.5 Å². The summed E-state index contributed by atoms with van der Waals surface area (Å²) in [7, 11) is 0. The number of hydrogen-bond donors (Lipinski definition) is 1. The molecule has 0 unspecified atom stereocenters. The van der Waals surface area contributed by atoms with Gasteiger partial charge in [0.15, 0.2) is 0 Å². The normalized spacial score (nSPS) is 23.8. The van der Waals surface area contributed by atoms with E-state index in [1.165, 1.54) is 32.6 Å². The third-order valence-electron chi connectivity index (χ3n) is 6.00. The van der Waals surface area contributed by atoms with Crippen molar-refractivity contribution in [3.63, 3.8) is 0 Å². The van der Waals surface area contributed by atoms with Crippen molar-refractivity contribution in [3.8, 4) is 0 Å². The predicted octanol–water partition coefficient (Wildman–Crippen LogP) is 4.54. The highest BCUT2D eigenvalue weighted by Crippen LogP contribution is 2.48. The maximum atomic E-state index is 12.7. The largest absolute Gasteiger partial charge is 0.351 e. The first-order valence-corrected chi connectivity index (χ1v) is 9.03. The number of rotatable bonds is 5. The Hall–Kier alpha value is -2.51. The number of nitro benzene ring substituents is 2. The molecule has 27 heavy (non-hydrogen) atoms. The van der Waals surface area contributed by atoms with E-state index >= 15 is 0 Å². The molecule has 8 heteroatoms. The predicted molar refractivity (Wildman–Crippen MR) is 102 cm³/mol. The number of hydrogen-bond acceptors (Lipinski definition) is 5. The minimum atomic E-state index is -0.714. The van der Waals surface area contributed by atoms with E-state index in [1.54, 1.807) is 0 Å². The number of non-ortho nitro benzene ring substituents is 1. The Morgan fingerprint density at radius 3 is 2.37 bits per heavy atom. The third-order valence-corrected chi connectivity index (χ3v) is 6.00. The molecule has 1 amide bonds. The lowest BCUT2D eigenvalue weighted by Gasteiger charge is -2.45. The second-order valence-corrected chi connectivity index (χ2v) is 7.69. The molecule has 0 heterocycles. The average Bonchev–Trinajstić information content (AvgIpc) is 2.59. The van der Waals surface area contributed by atoms with Gasteiger partial charge in [-0.05, 0) is 37.5 Å². The van der Waals surface area contributed by atoms with Gasteiger partial charge in [0, 0.05) is 18.2 Å². The zero-order valence-electron chi connectivity index (χ0n) is 14.8. The van der Waals surface area contributed by atoms with Crippen LogP contribution in [-0.4, -0.2) is 22.3 Å². The van der Waals surface area contributed by atoms with Gasteiger partial charge in [-0.2, -0.15) is 0 Å². The molecule has 8 nitrogen and oxygen atoms in total. The molecule has 0 aromatic heterocycles. The molecule has 1 aromatic rings. The lowest BCUT2D eigenvalue weighted by atomic mass is 9.62. The Labute approximate surface area is 158 Å². The van der Waals surface area contributed by atoms with Gasteiger partial charge in [-0.15, -0.1) is 0 Å². The van der Waals surface area contributed by atoms with Crippen molar-refractivity contribution >= 4 is 17.3 Å². The van der Waals surface area contributed by atoms with Crippen LogP contribution in [0.2, 0.25) is 0 Å². The second-order valence-electron chi connectivity index (χ2n) is 7.69. The van der Waals surface area contributed by atoms with Crippen LogP contribution in [0.4, 0.5) is 11.4 Å². The quantitative estimate of drug-likeness (QED) is 0.597. The lowest BCUT2D eigenvalue weighted by molar-refractivity contribution is -0.394. The zero-order valence-corrected chi connectivity index (χ0v) is 14.8. The van der Waals surface area contributed by atoms with Crippen LogP contribution in [0, 0.1) is 38.5 Å². The first-order valence-electron chi connectivity index (χ1n) is 9.03. The van der Waals surface area contributed by atoms with Crippen LogP contribution in [0.25, 0.3) is 0 Å². The fraction of sp³-hybridized carbons (Fsp3) is 0.632. The van der Waals surface area contributed by atoms with Crippen molar-refractivity contribution in [1.82, 2.24) is 5.32 Å². The molecular weight excluding hydrogens is 350 g/mol. The highest BCUT2D eigenvalue weighted by Gasteiger charge is 2.39. The molecule has 2 aliphatic rings. The number of nitrogens with zero attached hydrogens (tertiary/aromatic N) is 2. The number of amides is 1. The van der Waals surface area contributed by atoms with Crippen molar-refractivity contribution in [2.75, 3.05) is 6.54 Å². The van der Waals surface area contributed by atoms with Crippen molar-refractivity contribution < 1.29 is 14.6 Å². The summed E-state index contributed by atoms with van der Waals surface area (Å²) < 4.78 is 0. The molecule has 0 spiro atoms. The minimum absolute atomic E-state index is 0. The Bertz CT molecular complexity index is 752. The SMILES string of the molecule is C.Cc1c(C(=O)NCC23CCCC(CCC2)C3)cc([N+](=O)[O-])cc1[N+](=O)[O-]. The standard InChI is InChI=1S/C18H23N3O5.CH4/c1-12-15(8-14(20(23)24)9-16(12)21(25)26)17(22)19-11-18-6-2-4-13(10-18)5-3-7-18;/h8-9,13H,2-7,10-11H2,1H3,(H,19,22);1H4. The van der Waals surface area contributed by atoms with Gasteiger partial charge >= 0.3 is 0 Å². The van der Waals surface area contributed by atoms with E-state index in [2.05, 4.69) is 5.32 Å². The number of carbonyl (C=O) groups is 1. The van der Waals surface area contributed by atoms with E-state index in [-0.39, 0.29) is 24.0 Å². The lowest BCUT2D eigenvalue weighted by Crippen LogP contribution is -2.43. The molecule has 3 rings (SSSR count). The Morgan fingerprint density at radius 2 is 1.81 bits per heavy atom. The summed E-state index contributed by atoms with van der Waals surface area (Å²) in [5, 5.41) is 25.1. The molecule has 2 aliphatic carbocycles. The summed E-state index contributed by atoms with van der Waals surface area (Å²) in [5.41, 5.74) is -0.581. The molecule has 148 valence electrons. The molecule has 1 N–H and O–H groups in total. The maximum Gasteiger partial charge on any atom is 0.279 e. The Balaban J connectivity index is 0.00000261. The molecule has 0 saturated heterocycles. The second kappa shape index (κ2) is 8.02. The Morgan fingerprint density at radius 1 is 1.19 bits per heavy atom. The van der Waals surface area contributed by atoms with E-state index in [0.717, 1.165) is 37.3 Å². The monoisotopic (exact) mass is 377 g/mol. The van der Waals surface area contributed by atoms with Gasteiger partial charge in [0.05, 0.1) is 21.5 Å². The summed E-state index contributed by atoms with van der Waals surface area (Å²) in [6.07, 6.45) is 8.12.